The van der Waals surface area contributed by atoms with E-state index in [1.165, 1.54) is 11.4 Å². The van der Waals surface area contributed by atoms with Gasteiger partial charge in [-0.15, -0.1) is 0 Å². The molecule has 27 heavy (non-hydrogen) atoms. The fourth-order valence-electron chi connectivity index (χ4n) is 3.16. The number of nitrogens with zero attached hydrogens (tertiary/aromatic N) is 1. The summed E-state index contributed by atoms with van der Waals surface area (Å²) in [6, 6.07) is 9.26. The van der Waals surface area contributed by atoms with Gasteiger partial charge < -0.3 is 9.84 Å². The molecule has 0 bridgehead atoms. The van der Waals surface area contributed by atoms with E-state index in [0.717, 1.165) is 35.6 Å². The van der Waals surface area contributed by atoms with E-state index >= 15 is 0 Å². The van der Waals surface area contributed by atoms with Crippen LogP contribution >= 0.6 is 0 Å². The lowest BCUT2D eigenvalue weighted by molar-refractivity contribution is -0.145. The molecule has 0 spiro atoms. The number of hydrogen-bond acceptors (Lipinski definition) is 5. The third-order valence-corrected chi connectivity index (χ3v) is 5.79. The maximum Gasteiger partial charge on any atom is 0.308 e. The SMILES string of the molecule is COC(=O)C(C)CCCc1ccc2cc(O)c(N3CC(=O)NS3=O)cc2c1. The van der Waals surface area contributed by atoms with E-state index in [9.17, 15) is 18.9 Å². The highest BCUT2D eigenvalue weighted by molar-refractivity contribution is 7.85. The number of carbonyl (C=O) groups is 2. The molecule has 0 radical (unpaired) electrons. The largest absolute Gasteiger partial charge is 0.506 e. The number of methoxy groups -OCH3 is 1. The molecule has 144 valence electrons. The van der Waals surface area contributed by atoms with Crippen molar-refractivity contribution in [3.8, 4) is 5.75 Å². The second-order valence-corrected chi connectivity index (χ2v) is 7.79. The van der Waals surface area contributed by atoms with Crippen LogP contribution in [0.1, 0.15) is 25.3 Å². The number of amides is 1. The molecule has 1 amide bonds. The first-order valence-corrected chi connectivity index (χ1v) is 9.82. The number of aromatic hydroxyl groups is 1. The first-order valence-electron chi connectivity index (χ1n) is 8.71. The van der Waals surface area contributed by atoms with Crippen LogP contribution in [-0.4, -0.2) is 34.8 Å². The number of phenols is 1. The van der Waals surface area contributed by atoms with Gasteiger partial charge in [-0.25, -0.2) is 4.21 Å². The van der Waals surface area contributed by atoms with E-state index in [2.05, 4.69) is 4.72 Å². The van der Waals surface area contributed by atoms with Gasteiger partial charge in [-0.3, -0.25) is 18.6 Å². The van der Waals surface area contributed by atoms with Crippen molar-refractivity contribution in [1.29, 1.82) is 0 Å². The Morgan fingerprint density at radius 3 is 2.78 bits per heavy atom. The minimum atomic E-state index is -1.69. The maximum absolute atomic E-state index is 12.0. The monoisotopic (exact) mass is 390 g/mol. The number of hydrogen-bond donors (Lipinski definition) is 2. The summed E-state index contributed by atoms with van der Waals surface area (Å²) in [5.74, 6) is -0.696. The number of benzene rings is 2. The van der Waals surface area contributed by atoms with E-state index in [1.54, 1.807) is 12.1 Å². The number of anilines is 1. The zero-order valence-electron chi connectivity index (χ0n) is 15.2. The summed E-state index contributed by atoms with van der Waals surface area (Å²) in [6.45, 7) is 1.80. The summed E-state index contributed by atoms with van der Waals surface area (Å²) in [5, 5.41) is 12.0. The van der Waals surface area contributed by atoms with Gasteiger partial charge in [-0.05, 0) is 47.7 Å². The first kappa shape index (κ1) is 19.2. The van der Waals surface area contributed by atoms with Crippen LogP contribution in [0.3, 0.4) is 0 Å². The lowest BCUT2D eigenvalue weighted by Crippen LogP contribution is -2.22. The Morgan fingerprint density at radius 2 is 2.11 bits per heavy atom. The molecule has 3 rings (SSSR count). The van der Waals surface area contributed by atoms with Crippen LogP contribution in [-0.2, 0) is 31.9 Å². The Bertz CT molecular complexity index is 914. The van der Waals surface area contributed by atoms with Crippen LogP contribution in [0.25, 0.3) is 10.8 Å². The predicted molar refractivity (Wildman–Crippen MR) is 103 cm³/mol. The van der Waals surface area contributed by atoms with Crippen LogP contribution in [0.4, 0.5) is 5.69 Å². The van der Waals surface area contributed by atoms with E-state index in [-0.39, 0.29) is 30.1 Å². The van der Waals surface area contributed by atoms with Gasteiger partial charge in [0.1, 0.15) is 12.3 Å². The fourth-order valence-corrected chi connectivity index (χ4v) is 4.09. The number of rotatable bonds is 6. The van der Waals surface area contributed by atoms with Crippen molar-refractivity contribution in [3.05, 3.63) is 35.9 Å². The highest BCUT2D eigenvalue weighted by Crippen LogP contribution is 2.34. The predicted octanol–water partition coefficient (Wildman–Crippen LogP) is 2.19. The molecule has 2 aromatic rings. The molecular weight excluding hydrogens is 368 g/mol. The van der Waals surface area contributed by atoms with Crippen LogP contribution in [0.15, 0.2) is 30.3 Å². The smallest absolute Gasteiger partial charge is 0.308 e. The Labute approximate surface area is 160 Å². The summed E-state index contributed by atoms with van der Waals surface area (Å²) >= 11 is -1.69. The molecule has 2 atom stereocenters. The maximum atomic E-state index is 12.0. The molecule has 1 saturated heterocycles. The molecule has 0 saturated carbocycles. The van der Waals surface area contributed by atoms with Crippen molar-refractivity contribution in [2.75, 3.05) is 18.0 Å². The number of ether oxygens (including phenoxy) is 1. The summed E-state index contributed by atoms with van der Waals surface area (Å²) < 4.78 is 20.4. The lowest BCUT2D eigenvalue weighted by atomic mass is 9.99. The Morgan fingerprint density at radius 1 is 1.33 bits per heavy atom. The van der Waals surface area contributed by atoms with Gasteiger partial charge in [0.05, 0.1) is 18.7 Å². The average molecular weight is 390 g/mol. The number of nitrogens with one attached hydrogen (secondary N) is 1. The van der Waals surface area contributed by atoms with Gasteiger partial charge in [0.2, 0.25) is 11.2 Å². The van der Waals surface area contributed by atoms with E-state index in [0.29, 0.717) is 5.69 Å². The van der Waals surface area contributed by atoms with E-state index < -0.39 is 11.2 Å². The van der Waals surface area contributed by atoms with Gasteiger partial charge in [-0.1, -0.05) is 25.1 Å². The zero-order valence-corrected chi connectivity index (χ0v) is 16.0. The Balaban J connectivity index is 1.78. The molecule has 0 aliphatic carbocycles. The third kappa shape index (κ3) is 4.21. The summed E-state index contributed by atoms with van der Waals surface area (Å²) in [7, 11) is 1.39. The molecule has 2 unspecified atom stereocenters. The molecule has 2 aromatic carbocycles. The molecule has 0 aromatic heterocycles. The molecule has 8 heteroatoms. The van der Waals surface area contributed by atoms with Gasteiger partial charge in [0.25, 0.3) is 5.91 Å². The fraction of sp³-hybridized carbons (Fsp3) is 0.368. The second kappa shape index (κ2) is 7.96. The molecular formula is C19H22N2O5S. The number of aryl methyl sites for hydroxylation is 1. The van der Waals surface area contributed by atoms with E-state index in [1.807, 2.05) is 25.1 Å². The first-order chi connectivity index (χ1) is 12.9. The highest BCUT2D eigenvalue weighted by Gasteiger charge is 2.29. The van der Waals surface area contributed by atoms with Crippen molar-refractivity contribution in [2.45, 2.75) is 26.2 Å². The third-order valence-electron chi connectivity index (χ3n) is 4.66. The number of phenolic OH excluding ortho intramolecular Hbond substituents is 1. The zero-order chi connectivity index (χ0) is 19.6. The molecule has 1 heterocycles. The van der Waals surface area contributed by atoms with Crippen molar-refractivity contribution in [1.82, 2.24) is 4.72 Å². The number of carbonyl (C=O) groups excluding carboxylic acids is 2. The number of fused-ring (bicyclic) bond motifs is 1. The quantitative estimate of drug-likeness (QED) is 0.737. The highest BCUT2D eigenvalue weighted by atomic mass is 32.2. The van der Waals surface area contributed by atoms with Crippen molar-refractivity contribution in [2.24, 2.45) is 5.92 Å². The van der Waals surface area contributed by atoms with Crippen LogP contribution in [0.2, 0.25) is 0 Å². The molecule has 7 nitrogen and oxygen atoms in total. The van der Waals surface area contributed by atoms with Crippen molar-refractivity contribution >= 4 is 39.5 Å². The van der Waals surface area contributed by atoms with Gasteiger partial charge in [0.15, 0.2) is 0 Å². The average Bonchev–Trinajstić information content (AvgIpc) is 2.98. The normalized spacial score (nSPS) is 17.8. The molecule has 1 aliphatic rings. The van der Waals surface area contributed by atoms with Crippen molar-refractivity contribution in [3.63, 3.8) is 0 Å². The van der Waals surface area contributed by atoms with Gasteiger partial charge in [-0.2, -0.15) is 0 Å². The van der Waals surface area contributed by atoms with Crippen LogP contribution in [0, 0.1) is 5.92 Å². The Hall–Kier alpha value is -2.61. The van der Waals surface area contributed by atoms with E-state index in [4.69, 9.17) is 4.74 Å². The molecule has 1 fully saturated rings. The number of esters is 1. The van der Waals surface area contributed by atoms with Crippen LogP contribution < -0.4 is 9.03 Å². The van der Waals surface area contributed by atoms with Gasteiger partial charge >= 0.3 is 5.97 Å². The minimum Gasteiger partial charge on any atom is -0.506 e. The second-order valence-electron chi connectivity index (χ2n) is 6.65. The lowest BCUT2D eigenvalue weighted by Gasteiger charge is -2.16. The molecule has 2 N–H and O–H groups in total. The van der Waals surface area contributed by atoms with Crippen LogP contribution in [0.5, 0.6) is 5.75 Å². The molecule has 1 aliphatic heterocycles. The minimum absolute atomic E-state index is 0.0213. The summed E-state index contributed by atoms with van der Waals surface area (Å²) in [4.78, 5) is 22.9. The topological polar surface area (TPSA) is 95.9 Å². The standard InChI is InChI=1S/C19H22N2O5S/c1-12(19(24)26-2)4-3-5-13-6-7-14-10-17(22)16(9-15(14)8-13)21-11-18(23)20-27(21)25/h6-10,12,22H,3-5,11H2,1-2H3,(H,20,23). The summed E-state index contributed by atoms with van der Waals surface area (Å²) in [6.07, 6.45) is 2.40. The summed E-state index contributed by atoms with van der Waals surface area (Å²) in [5.41, 5.74) is 1.46. The van der Waals surface area contributed by atoms with Crippen molar-refractivity contribution < 1.29 is 23.6 Å². The van der Waals surface area contributed by atoms with Gasteiger partial charge in [0, 0.05) is 0 Å². The Kier molecular flexibility index (Phi) is 5.65.